The minimum Gasteiger partial charge on any atom is -0.388 e. The summed E-state index contributed by atoms with van der Waals surface area (Å²) in [6.07, 6.45) is 0. The van der Waals surface area contributed by atoms with Crippen LogP contribution in [0.2, 0.25) is 0 Å². The van der Waals surface area contributed by atoms with E-state index < -0.39 is 0 Å². The molecule has 0 aliphatic carbocycles. The summed E-state index contributed by atoms with van der Waals surface area (Å²) in [5, 5.41) is 9.67. The van der Waals surface area contributed by atoms with Crippen LogP contribution < -0.4 is 16.0 Å². The fourth-order valence-electron chi connectivity index (χ4n) is 1.11. The van der Waals surface area contributed by atoms with Gasteiger partial charge in [0.2, 0.25) is 0 Å². The number of nitrogens with one attached hydrogen (secondary N) is 3. The van der Waals surface area contributed by atoms with Crippen LogP contribution >= 0.6 is 0 Å². The average Bonchev–Trinajstić information content (AvgIpc) is 2.18. The summed E-state index contributed by atoms with van der Waals surface area (Å²) >= 11 is 0. The van der Waals surface area contributed by atoms with Crippen molar-refractivity contribution in [2.24, 2.45) is 0 Å². The number of rotatable bonds is 5. The topological polar surface area (TPSA) is 36.1 Å². The summed E-state index contributed by atoms with van der Waals surface area (Å²) in [6.45, 7) is 5.06. The first-order valence-electron chi connectivity index (χ1n) is 4.97. The first kappa shape index (κ1) is 10.9. The molecule has 1 rings (SSSR count). The second-order valence-electron chi connectivity index (χ2n) is 3.54. The van der Waals surface area contributed by atoms with E-state index in [4.69, 9.17) is 0 Å². The van der Waals surface area contributed by atoms with Gasteiger partial charge in [-0.25, -0.2) is 0 Å². The van der Waals surface area contributed by atoms with Crippen molar-refractivity contribution in [3.05, 3.63) is 24.3 Å². The summed E-state index contributed by atoms with van der Waals surface area (Å²) in [6, 6.07) is 8.75. The van der Waals surface area contributed by atoms with E-state index in [1.807, 2.05) is 7.05 Å². The second kappa shape index (κ2) is 5.50. The molecule has 0 atom stereocenters. The maximum Gasteiger partial charge on any atom is 0.0655 e. The van der Waals surface area contributed by atoms with Crippen molar-refractivity contribution < 1.29 is 0 Å². The van der Waals surface area contributed by atoms with Crippen LogP contribution in [0.4, 0.5) is 11.4 Å². The average molecular weight is 193 g/mol. The molecule has 0 heterocycles. The van der Waals surface area contributed by atoms with Crippen LogP contribution in [0.15, 0.2) is 24.3 Å². The van der Waals surface area contributed by atoms with Crippen LogP contribution in [-0.4, -0.2) is 19.8 Å². The van der Waals surface area contributed by atoms with Gasteiger partial charge in [-0.2, -0.15) is 0 Å². The third kappa shape index (κ3) is 3.66. The summed E-state index contributed by atoms with van der Waals surface area (Å²) in [7, 11) is 1.92. The van der Waals surface area contributed by atoms with Gasteiger partial charge in [0, 0.05) is 24.5 Å². The smallest absolute Gasteiger partial charge is 0.0655 e. The van der Waals surface area contributed by atoms with Gasteiger partial charge in [-0.1, -0.05) is 0 Å². The van der Waals surface area contributed by atoms with Gasteiger partial charge in [0.15, 0.2) is 0 Å². The summed E-state index contributed by atoms with van der Waals surface area (Å²) in [5.74, 6) is 0. The Balaban J connectivity index is 2.36. The van der Waals surface area contributed by atoms with Crippen LogP contribution in [0.5, 0.6) is 0 Å². The molecule has 0 spiro atoms. The molecule has 1 aromatic rings. The van der Waals surface area contributed by atoms with Gasteiger partial charge in [0.1, 0.15) is 0 Å². The van der Waals surface area contributed by atoms with Crippen LogP contribution in [-0.2, 0) is 0 Å². The molecule has 1 aromatic carbocycles. The molecular weight excluding hydrogens is 174 g/mol. The monoisotopic (exact) mass is 193 g/mol. The van der Waals surface area contributed by atoms with Crippen molar-refractivity contribution in [1.29, 1.82) is 0 Å². The molecule has 0 bridgehead atoms. The Kier molecular flexibility index (Phi) is 4.26. The molecule has 0 amide bonds. The quantitative estimate of drug-likeness (QED) is 0.627. The molecule has 0 aliphatic rings. The van der Waals surface area contributed by atoms with Gasteiger partial charge in [-0.3, -0.25) is 5.32 Å². The molecular formula is C11H19N3. The lowest BCUT2D eigenvalue weighted by atomic mass is 10.3. The molecule has 0 aromatic heterocycles. The lowest BCUT2D eigenvalue weighted by molar-refractivity contribution is 0.618. The lowest BCUT2D eigenvalue weighted by Gasteiger charge is -2.10. The number of hydrogen-bond donors (Lipinski definition) is 3. The molecule has 14 heavy (non-hydrogen) atoms. The molecule has 0 aliphatic heterocycles. The molecule has 0 radical (unpaired) electrons. The zero-order valence-electron chi connectivity index (χ0n) is 9.09. The molecule has 3 heteroatoms. The molecule has 0 unspecified atom stereocenters. The minimum atomic E-state index is 0.513. The van der Waals surface area contributed by atoms with Gasteiger partial charge >= 0.3 is 0 Å². The Morgan fingerprint density at radius 3 is 2.14 bits per heavy atom. The molecule has 3 nitrogen and oxygen atoms in total. The third-order valence-corrected chi connectivity index (χ3v) is 1.98. The van der Waals surface area contributed by atoms with E-state index in [1.165, 1.54) is 0 Å². The van der Waals surface area contributed by atoms with Crippen molar-refractivity contribution in [2.45, 2.75) is 19.9 Å². The fraction of sp³-hybridized carbons (Fsp3) is 0.455. The Morgan fingerprint density at radius 2 is 1.64 bits per heavy atom. The second-order valence-corrected chi connectivity index (χ2v) is 3.54. The van der Waals surface area contributed by atoms with E-state index in [0.29, 0.717) is 6.04 Å². The Bertz CT molecular complexity index is 254. The van der Waals surface area contributed by atoms with E-state index in [9.17, 15) is 0 Å². The van der Waals surface area contributed by atoms with Gasteiger partial charge in [0.25, 0.3) is 0 Å². The predicted octanol–water partition coefficient (Wildman–Crippen LogP) is 2.10. The SMILES string of the molecule is CNc1ccc(NCNC(C)C)cc1. The van der Waals surface area contributed by atoms with Crippen molar-refractivity contribution in [1.82, 2.24) is 5.32 Å². The highest BCUT2D eigenvalue weighted by Gasteiger charge is 1.93. The van der Waals surface area contributed by atoms with Gasteiger partial charge in [0.05, 0.1) is 6.67 Å². The number of benzene rings is 1. The minimum absolute atomic E-state index is 0.513. The van der Waals surface area contributed by atoms with Crippen molar-refractivity contribution >= 4 is 11.4 Å². The van der Waals surface area contributed by atoms with Crippen LogP contribution in [0, 0.1) is 0 Å². The van der Waals surface area contributed by atoms with Gasteiger partial charge in [-0.15, -0.1) is 0 Å². The maximum absolute atomic E-state index is 3.30. The zero-order valence-corrected chi connectivity index (χ0v) is 9.09. The largest absolute Gasteiger partial charge is 0.388 e. The Morgan fingerprint density at radius 1 is 1.07 bits per heavy atom. The van der Waals surface area contributed by atoms with Gasteiger partial charge < -0.3 is 10.6 Å². The van der Waals surface area contributed by atoms with Crippen LogP contribution in [0.25, 0.3) is 0 Å². The van der Waals surface area contributed by atoms with Crippen molar-refractivity contribution in [2.75, 3.05) is 24.3 Å². The first-order chi connectivity index (χ1) is 6.72. The standard InChI is InChI=1S/C11H19N3/c1-9(2)13-8-14-11-6-4-10(12-3)5-7-11/h4-7,9,12-14H,8H2,1-3H3. The van der Waals surface area contributed by atoms with E-state index in [0.717, 1.165) is 18.0 Å². The molecule has 0 fully saturated rings. The van der Waals surface area contributed by atoms with Crippen molar-refractivity contribution in [3.8, 4) is 0 Å². The predicted molar refractivity (Wildman–Crippen MR) is 62.8 cm³/mol. The van der Waals surface area contributed by atoms with Crippen LogP contribution in [0.3, 0.4) is 0 Å². The number of hydrogen-bond acceptors (Lipinski definition) is 3. The Labute approximate surface area is 85.9 Å². The molecule has 3 N–H and O–H groups in total. The van der Waals surface area contributed by atoms with Crippen molar-refractivity contribution in [3.63, 3.8) is 0 Å². The normalized spacial score (nSPS) is 10.3. The zero-order chi connectivity index (χ0) is 10.4. The summed E-state index contributed by atoms with van der Waals surface area (Å²) in [4.78, 5) is 0. The first-order valence-corrected chi connectivity index (χ1v) is 4.97. The third-order valence-electron chi connectivity index (χ3n) is 1.98. The molecule has 0 saturated heterocycles. The highest BCUT2D eigenvalue weighted by atomic mass is 15.1. The van der Waals surface area contributed by atoms with Gasteiger partial charge in [-0.05, 0) is 38.1 Å². The Hall–Kier alpha value is -1.22. The van der Waals surface area contributed by atoms with E-state index in [2.05, 4.69) is 54.1 Å². The van der Waals surface area contributed by atoms with E-state index in [-0.39, 0.29) is 0 Å². The highest BCUT2D eigenvalue weighted by molar-refractivity contribution is 5.53. The van der Waals surface area contributed by atoms with E-state index in [1.54, 1.807) is 0 Å². The molecule has 78 valence electrons. The maximum atomic E-state index is 3.30. The number of anilines is 2. The fourth-order valence-corrected chi connectivity index (χ4v) is 1.11. The molecule has 0 saturated carbocycles. The summed E-state index contributed by atoms with van der Waals surface area (Å²) in [5.41, 5.74) is 2.27. The lowest BCUT2D eigenvalue weighted by Crippen LogP contribution is -2.28. The van der Waals surface area contributed by atoms with E-state index >= 15 is 0 Å². The van der Waals surface area contributed by atoms with Crippen LogP contribution in [0.1, 0.15) is 13.8 Å². The summed E-state index contributed by atoms with van der Waals surface area (Å²) < 4.78 is 0. The highest BCUT2D eigenvalue weighted by Crippen LogP contribution is 2.11.